The third-order valence-electron chi connectivity index (χ3n) is 0.866. The Hall–Kier alpha value is -0.580. The molecule has 0 aliphatic carbocycles. The van der Waals surface area contributed by atoms with Crippen molar-refractivity contribution in [3.63, 3.8) is 0 Å². The van der Waals surface area contributed by atoms with E-state index in [2.05, 4.69) is 4.74 Å². The van der Waals surface area contributed by atoms with E-state index in [1.54, 1.807) is 0 Å². The minimum absolute atomic E-state index is 1.80. The summed E-state index contributed by atoms with van der Waals surface area (Å²) in [6.45, 7) is 0. The third kappa shape index (κ3) is 0.917. The van der Waals surface area contributed by atoms with Gasteiger partial charge in [0, 0.05) is 0 Å². The maximum absolute atomic E-state index is 11.7. The molecule has 0 radical (unpaired) electrons. The molecule has 0 saturated carbocycles. The van der Waals surface area contributed by atoms with Crippen LogP contribution in [0.5, 0.6) is 0 Å². The second kappa shape index (κ2) is 1.98. The van der Waals surface area contributed by atoms with Crippen LogP contribution in [-0.4, -0.2) is 12.7 Å². The lowest BCUT2D eigenvalue weighted by Crippen LogP contribution is -2.03. The molecule has 0 saturated heterocycles. The van der Waals surface area contributed by atoms with Crippen molar-refractivity contribution in [2.45, 2.75) is 12.7 Å². The predicted molar refractivity (Wildman–Crippen MR) is 20.1 cm³/mol. The van der Waals surface area contributed by atoms with Gasteiger partial charge in [-0.15, -0.1) is 0 Å². The molecule has 1 rings (SSSR count). The average Bonchev–Trinajstić information content (AvgIpc) is 1.98. The lowest BCUT2D eigenvalue weighted by molar-refractivity contribution is -0.0900. The van der Waals surface area contributed by atoms with Crippen molar-refractivity contribution < 1.29 is 22.3 Å². The highest BCUT2D eigenvalue weighted by Crippen LogP contribution is 2.30. The van der Waals surface area contributed by atoms with Gasteiger partial charge < -0.3 is 4.74 Å². The molecule has 0 fully saturated rings. The zero-order valence-electron chi connectivity index (χ0n) is 4.07. The summed E-state index contributed by atoms with van der Waals surface area (Å²) in [5.41, 5.74) is 0. The zero-order valence-corrected chi connectivity index (χ0v) is 4.07. The Bertz CT molecular complexity index is 139. The van der Waals surface area contributed by atoms with Crippen LogP contribution in [0.4, 0.5) is 17.6 Å². The van der Waals surface area contributed by atoms with E-state index in [4.69, 9.17) is 0 Å². The highest BCUT2D eigenvalue weighted by molar-refractivity contribution is 5.10. The molecule has 0 spiro atoms. The number of alkyl halides is 2. The Morgan fingerprint density at radius 1 is 1.00 bits per heavy atom. The van der Waals surface area contributed by atoms with Gasteiger partial charge in [-0.1, -0.05) is 0 Å². The first-order chi connectivity index (χ1) is 4.13. The van der Waals surface area contributed by atoms with Gasteiger partial charge in [0.1, 0.15) is 0 Å². The molecule has 0 aromatic carbocycles. The van der Waals surface area contributed by atoms with Crippen molar-refractivity contribution in [3.8, 4) is 0 Å². The summed E-state index contributed by atoms with van der Waals surface area (Å²) in [5.74, 6) is -3.61. The highest BCUT2D eigenvalue weighted by atomic mass is 19.2. The largest absolute Gasteiger partial charge is 0.301 e. The first-order valence-electron chi connectivity index (χ1n) is 2.11. The summed E-state index contributed by atoms with van der Waals surface area (Å²) in [4.78, 5) is 0. The van der Waals surface area contributed by atoms with Crippen LogP contribution in [0.25, 0.3) is 0 Å². The van der Waals surface area contributed by atoms with Crippen molar-refractivity contribution in [1.29, 1.82) is 0 Å². The number of ether oxygens (including phenoxy) is 1. The van der Waals surface area contributed by atoms with Crippen LogP contribution in [0.1, 0.15) is 0 Å². The van der Waals surface area contributed by atoms with Gasteiger partial charge in [-0.3, -0.25) is 0 Å². The monoisotopic (exact) mass is 142 g/mol. The van der Waals surface area contributed by atoms with Gasteiger partial charge in [0.25, 0.3) is 12.7 Å². The standard InChI is InChI=1S/C4H2F4O/c5-1-2(6)4(8)9-3(1)7/h3-4H. The number of rotatable bonds is 0. The molecule has 0 aromatic heterocycles. The van der Waals surface area contributed by atoms with Crippen molar-refractivity contribution >= 4 is 0 Å². The molecular weight excluding hydrogens is 140 g/mol. The van der Waals surface area contributed by atoms with E-state index in [1.807, 2.05) is 0 Å². The van der Waals surface area contributed by atoms with Gasteiger partial charge in [0.2, 0.25) is 0 Å². The van der Waals surface area contributed by atoms with Crippen molar-refractivity contribution in [2.75, 3.05) is 0 Å². The Morgan fingerprint density at radius 3 is 1.44 bits per heavy atom. The Labute approximate surface area is 47.9 Å². The van der Waals surface area contributed by atoms with Crippen LogP contribution >= 0.6 is 0 Å². The van der Waals surface area contributed by atoms with Crippen molar-refractivity contribution in [3.05, 3.63) is 11.7 Å². The molecular formula is C4H2F4O. The first kappa shape index (κ1) is 6.54. The maximum Gasteiger partial charge on any atom is 0.257 e. The van der Waals surface area contributed by atoms with Crippen LogP contribution < -0.4 is 0 Å². The van der Waals surface area contributed by atoms with Crippen LogP contribution in [0, 0.1) is 0 Å². The van der Waals surface area contributed by atoms with E-state index in [0.717, 1.165) is 0 Å². The fourth-order valence-electron chi connectivity index (χ4n) is 0.441. The molecule has 1 aliphatic heterocycles. The van der Waals surface area contributed by atoms with E-state index >= 15 is 0 Å². The Balaban J connectivity index is 2.79. The maximum atomic E-state index is 11.7. The second-order valence-corrected chi connectivity index (χ2v) is 1.46. The van der Waals surface area contributed by atoms with Gasteiger partial charge in [-0.25, -0.2) is 17.6 Å². The lowest BCUT2D eigenvalue weighted by atomic mass is 10.5. The van der Waals surface area contributed by atoms with Crippen LogP contribution in [0.3, 0.4) is 0 Å². The van der Waals surface area contributed by atoms with Crippen LogP contribution in [-0.2, 0) is 4.74 Å². The van der Waals surface area contributed by atoms with E-state index in [0.29, 0.717) is 0 Å². The molecule has 0 N–H and O–H groups in total. The summed E-state index contributed by atoms with van der Waals surface area (Å²) in [6, 6.07) is 0. The van der Waals surface area contributed by atoms with E-state index in [-0.39, 0.29) is 0 Å². The van der Waals surface area contributed by atoms with Gasteiger partial charge in [0.15, 0.2) is 11.7 Å². The molecule has 1 heterocycles. The number of hydrogen-bond acceptors (Lipinski definition) is 1. The smallest absolute Gasteiger partial charge is 0.257 e. The van der Waals surface area contributed by atoms with Gasteiger partial charge >= 0.3 is 0 Å². The minimum Gasteiger partial charge on any atom is -0.301 e. The zero-order chi connectivity index (χ0) is 7.02. The Morgan fingerprint density at radius 2 is 1.33 bits per heavy atom. The average molecular weight is 142 g/mol. The molecule has 5 heteroatoms. The van der Waals surface area contributed by atoms with Crippen molar-refractivity contribution in [2.24, 2.45) is 0 Å². The third-order valence-corrected chi connectivity index (χ3v) is 0.866. The molecule has 0 amide bonds. The SMILES string of the molecule is FC1=C(F)C(F)OC1F. The summed E-state index contributed by atoms with van der Waals surface area (Å²) in [7, 11) is 0. The molecule has 2 unspecified atom stereocenters. The van der Waals surface area contributed by atoms with E-state index in [1.165, 1.54) is 0 Å². The molecule has 9 heavy (non-hydrogen) atoms. The summed E-state index contributed by atoms with van der Waals surface area (Å²) >= 11 is 0. The fraction of sp³-hybridized carbons (Fsp3) is 0.500. The summed E-state index contributed by atoms with van der Waals surface area (Å²) in [6.07, 6.45) is -5.14. The summed E-state index contributed by atoms with van der Waals surface area (Å²) in [5, 5.41) is 0. The molecule has 0 bridgehead atoms. The normalized spacial score (nSPS) is 36.0. The van der Waals surface area contributed by atoms with E-state index in [9.17, 15) is 17.6 Å². The lowest BCUT2D eigenvalue weighted by Gasteiger charge is -1.96. The molecule has 52 valence electrons. The molecule has 1 nitrogen and oxygen atoms in total. The van der Waals surface area contributed by atoms with Gasteiger partial charge in [0.05, 0.1) is 0 Å². The van der Waals surface area contributed by atoms with Gasteiger partial charge in [-0.05, 0) is 0 Å². The van der Waals surface area contributed by atoms with Crippen LogP contribution in [0.15, 0.2) is 11.7 Å². The molecule has 1 aliphatic rings. The topological polar surface area (TPSA) is 9.23 Å². The second-order valence-electron chi connectivity index (χ2n) is 1.46. The van der Waals surface area contributed by atoms with E-state index < -0.39 is 24.4 Å². The Kier molecular flexibility index (Phi) is 1.44. The summed E-state index contributed by atoms with van der Waals surface area (Å²) < 4.78 is 50.2. The van der Waals surface area contributed by atoms with Crippen LogP contribution in [0.2, 0.25) is 0 Å². The quantitative estimate of drug-likeness (QED) is 0.468. The van der Waals surface area contributed by atoms with Gasteiger partial charge in [-0.2, -0.15) is 0 Å². The number of hydrogen-bond donors (Lipinski definition) is 0. The number of halogens is 4. The predicted octanol–water partition coefficient (Wildman–Crippen LogP) is 1.76. The first-order valence-corrected chi connectivity index (χ1v) is 2.11. The molecule has 2 atom stereocenters. The molecule has 0 aromatic rings. The van der Waals surface area contributed by atoms with Crippen molar-refractivity contribution in [1.82, 2.24) is 0 Å². The minimum atomic E-state index is -2.57. The highest BCUT2D eigenvalue weighted by Gasteiger charge is 2.35. The fourth-order valence-corrected chi connectivity index (χ4v) is 0.441.